The number of likely N-dealkylation sites (tertiary alicyclic amines) is 1. The highest BCUT2D eigenvalue weighted by Crippen LogP contribution is 2.21. The highest BCUT2D eigenvalue weighted by Gasteiger charge is 2.30. The largest absolute Gasteiger partial charge is 0.494 e. The lowest BCUT2D eigenvalue weighted by Gasteiger charge is -2.34. The van der Waals surface area contributed by atoms with Gasteiger partial charge < -0.3 is 15.0 Å². The van der Waals surface area contributed by atoms with Crippen LogP contribution in [-0.2, 0) is 11.3 Å². The van der Waals surface area contributed by atoms with Crippen LogP contribution in [0.25, 0.3) is 10.9 Å². The Morgan fingerprint density at radius 2 is 2.07 bits per heavy atom. The minimum atomic E-state index is -0.0916. The molecule has 4 rings (SSSR count). The van der Waals surface area contributed by atoms with Crippen LogP contribution in [0.4, 0.5) is 0 Å². The van der Waals surface area contributed by atoms with Crippen LogP contribution in [-0.4, -0.2) is 66.1 Å². The van der Waals surface area contributed by atoms with Crippen molar-refractivity contribution in [3.8, 4) is 5.75 Å². The Hall–Kier alpha value is -2.18. The zero-order valence-electron chi connectivity index (χ0n) is 16.0. The van der Waals surface area contributed by atoms with Crippen LogP contribution >= 0.6 is 0 Å². The van der Waals surface area contributed by atoms with E-state index in [9.17, 15) is 4.79 Å². The average Bonchev–Trinajstić information content (AvgIpc) is 3.23. The zero-order valence-corrected chi connectivity index (χ0v) is 16.0. The molecule has 27 heavy (non-hydrogen) atoms. The van der Waals surface area contributed by atoms with E-state index in [-0.39, 0.29) is 11.9 Å². The number of nitrogens with one attached hydrogen (secondary N) is 1. The monoisotopic (exact) mass is 368 g/mol. The standard InChI is InChI=1S/C21H28N4O2/c1-2-27-18-7-8-19-16(13-18)5-6-17(23-19)14-24-12-9-22-20(15-24)21(26)25-10-3-4-11-25/h5-8,13,20,22H,2-4,9-12,14-15H2,1H3. The average molecular weight is 368 g/mol. The third-order valence-electron chi connectivity index (χ3n) is 5.39. The van der Waals surface area contributed by atoms with Crippen molar-refractivity contribution in [3.63, 3.8) is 0 Å². The zero-order chi connectivity index (χ0) is 18.6. The molecule has 2 fully saturated rings. The molecule has 2 saturated heterocycles. The SMILES string of the molecule is CCOc1ccc2nc(CN3CCNC(C(=O)N4CCCC4)C3)ccc2c1. The number of pyridine rings is 1. The summed E-state index contributed by atoms with van der Waals surface area (Å²) in [7, 11) is 0. The van der Waals surface area contributed by atoms with Gasteiger partial charge in [-0.2, -0.15) is 0 Å². The molecule has 1 aromatic heterocycles. The normalized spacial score (nSPS) is 20.9. The van der Waals surface area contributed by atoms with Crippen LogP contribution < -0.4 is 10.1 Å². The van der Waals surface area contributed by atoms with E-state index < -0.39 is 0 Å². The van der Waals surface area contributed by atoms with Crippen molar-refractivity contribution in [3.05, 3.63) is 36.0 Å². The fourth-order valence-electron chi connectivity index (χ4n) is 4.00. The van der Waals surface area contributed by atoms with E-state index in [1.807, 2.05) is 30.0 Å². The van der Waals surface area contributed by atoms with Crippen molar-refractivity contribution in [1.82, 2.24) is 20.1 Å². The minimum Gasteiger partial charge on any atom is -0.494 e. The van der Waals surface area contributed by atoms with Gasteiger partial charge in [0, 0.05) is 44.7 Å². The summed E-state index contributed by atoms with van der Waals surface area (Å²) in [6.45, 7) is 7.77. The highest BCUT2D eigenvalue weighted by molar-refractivity contribution is 5.82. The molecule has 2 aliphatic rings. The molecule has 1 atom stereocenters. The molecule has 2 aliphatic heterocycles. The first-order valence-electron chi connectivity index (χ1n) is 10.00. The summed E-state index contributed by atoms with van der Waals surface area (Å²) >= 11 is 0. The summed E-state index contributed by atoms with van der Waals surface area (Å²) in [4.78, 5) is 21.8. The molecule has 144 valence electrons. The number of carbonyl (C=O) groups is 1. The fourth-order valence-corrected chi connectivity index (χ4v) is 4.00. The van der Waals surface area contributed by atoms with E-state index in [0.29, 0.717) is 6.61 Å². The van der Waals surface area contributed by atoms with Crippen LogP contribution in [0.2, 0.25) is 0 Å². The molecule has 2 aromatic rings. The van der Waals surface area contributed by atoms with Crippen LogP contribution in [0.3, 0.4) is 0 Å². The van der Waals surface area contributed by atoms with Gasteiger partial charge in [-0.1, -0.05) is 6.07 Å². The predicted octanol–water partition coefficient (Wildman–Crippen LogP) is 2.03. The molecular weight excluding hydrogens is 340 g/mol. The van der Waals surface area contributed by atoms with Gasteiger partial charge in [0.2, 0.25) is 5.91 Å². The summed E-state index contributed by atoms with van der Waals surface area (Å²) in [5.74, 6) is 1.14. The number of carbonyl (C=O) groups excluding carboxylic acids is 1. The van der Waals surface area contributed by atoms with Gasteiger partial charge in [-0.15, -0.1) is 0 Å². The Balaban J connectivity index is 1.41. The Bertz CT molecular complexity index is 804. The number of benzene rings is 1. The molecule has 0 spiro atoms. The maximum atomic E-state index is 12.7. The first kappa shape index (κ1) is 18.2. The Morgan fingerprint density at radius 3 is 2.89 bits per heavy atom. The van der Waals surface area contributed by atoms with Gasteiger partial charge in [-0.3, -0.25) is 14.7 Å². The van der Waals surface area contributed by atoms with Crippen LogP contribution in [0.5, 0.6) is 5.75 Å². The summed E-state index contributed by atoms with van der Waals surface area (Å²) in [6, 6.07) is 10.1. The lowest BCUT2D eigenvalue weighted by Crippen LogP contribution is -2.57. The molecule has 1 unspecified atom stereocenters. The molecule has 0 radical (unpaired) electrons. The first-order chi connectivity index (χ1) is 13.2. The summed E-state index contributed by atoms with van der Waals surface area (Å²) in [5.41, 5.74) is 2.02. The maximum absolute atomic E-state index is 12.7. The second-order valence-corrected chi connectivity index (χ2v) is 7.36. The first-order valence-corrected chi connectivity index (χ1v) is 10.00. The van der Waals surface area contributed by atoms with Gasteiger partial charge in [-0.05, 0) is 44.0 Å². The van der Waals surface area contributed by atoms with E-state index in [4.69, 9.17) is 9.72 Å². The molecule has 6 nitrogen and oxygen atoms in total. The van der Waals surface area contributed by atoms with Crippen LogP contribution in [0.1, 0.15) is 25.5 Å². The molecule has 0 saturated carbocycles. The second kappa shape index (κ2) is 8.23. The van der Waals surface area contributed by atoms with Crippen LogP contribution in [0, 0.1) is 0 Å². The number of aromatic nitrogens is 1. The van der Waals surface area contributed by atoms with Gasteiger partial charge in [0.25, 0.3) is 0 Å². The quantitative estimate of drug-likeness (QED) is 0.875. The predicted molar refractivity (Wildman–Crippen MR) is 106 cm³/mol. The molecule has 3 heterocycles. The highest BCUT2D eigenvalue weighted by atomic mass is 16.5. The topological polar surface area (TPSA) is 57.7 Å². The van der Waals surface area contributed by atoms with Crippen molar-refractivity contribution in [1.29, 1.82) is 0 Å². The van der Waals surface area contributed by atoms with Crippen molar-refractivity contribution < 1.29 is 9.53 Å². The van der Waals surface area contributed by atoms with Crippen molar-refractivity contribution in [2.45, 2.75) is 32.4 Å². The van der Waals surface area contributed by atoms with Crippen LogP contribution in [0.15, 0.2) is 30.3 Å². The number of piperazine rings is 1. The Kier molecular flexibility index (Phi) is 5.55. The van der Waals surface area contributed by atoms with Crippen molar-refractivity contribution in [2.75, 3.05) is 39.3 Å². The third-order valence-corrected chi connectivity index (χ3v) is 5.39. The molecule has 1 amide bonds. The molecule has 6 heteroatoms. The van der Waals surface area contributed by atoms with Gasteiger partial charge in [0.05, 0.1) is 23.9 Å². The second-order valence-electron chi connectivity index (χ2n) is 7.36. The fraction of sp³-hybridized carbons (Fsp3) is 0.524. The smallest absolute Gasteiger partial charge is 0.241 e. The van der Waals surface area contributed by atoms with Crippen molar-refractivity contribution in [2.24, 2.45) is 0 Å². The number of fused-ring (bicyclic) bond motifs is 1. The summed E-state index contributed by atoms with van der Waals surface area (Å²) in [5, 5.41) is 4.48. The lowest BCUT2D eigenvalue weighted by atomic mass is 10.1. The third kappa shape index (κ3) is 4.22. The van der Waals surface area contributed by atoms with Gasteiger partial charge in [-0.25, -0.2) is 0 Å². The van der Waals surface area contributed by atoms with E-state index in [2.05, 4.69) is 22.3 Å². The number of hydrogen-bond acceptors (Lipinski definition) is 5. The minimum absolute atomic E-state index is 0.0916. The number of ether oxygens (including phenoxy) is 1. The van der Waals surface area contributed by atoms with Crippen molar-refractivity contribution >= 4 is 16.8 Å². The van der Waals surface area contributed by atoms with E-state index in [0.717, 1.165) is 74.5 Å². The Labute approximate surface area is 160 Å². The Morgan fingerprint density at radius 1 is 1.22 bits per heavy atom. The molecular formula is C21H28N4O2. The summed E-state index contributed by atoms with van der Waals surface area (Å²) in [6.07, 6.45) is 2.27. The molecule has 0 bridgehead atoms. The summed E-state index contributed by atoms with van der Waals surface area (Å²) < 4.78 is 5.56. The van der Waals surface area contributed by atoms with E-state index in [1.165, 1.54) is 0 Å². The maximum Gasteiger partial charge on any atom is 0.241 e. The molecule has 0 aliphatic carbocycles. The number of rotatable bonds is 5. The van der Waals surface area contributed by atoms with Gasteiger partial charge in [0.15, 0.2) is 0 Å². The van der Waals surface area contributed by atoms with E-state index in [1.54, 1.807) is 0 Å². The molecule has 1 N–H and O–H groups in total. The van der Waals surface area contributed by atoms with Gasteiger partial charge >= 0.3 is 0 Å². The number of hydrogen-bond donors (Lipinski definition) is 1. The lowest BCUT2D eigenvalue weighted by molar-refractivity contribution is -0.133. The number of amides is 1. The molecule has 1 aromatic carbocycles. The van der Waals surface area contributed by atoms with E-state index >= 15 is 0 Å². The number of nitrogens with zero attached hydrogens (tertiary/aromatic N) is 3. The van der Waals surface area contributed by atoms with Gasteiger partial charge in [0.1, 0.15) is 5.75 Å².